The van der Waals surface area contributed by atoms with Gasteiger partial charge in [-0.2, -0.15) is 4.98 Å². The Hall–Kier alpha value is -1.36. The van der Waals surface area contributed by atoms with Crippen LogP contribution in [0.2, 0.25) is 0 Å². The molecule has 104 valence electrons. The standard InChI is InChI=1S/C14H23N5/c1-9-6-16-14(17-13(9)18(2)3)19-7-11(10-4-5-10)12(15)8-19/h6,10-12H,4-5,7-8,15H2,1-3H3/t11-,12+/m1/s1. The summed E-state index contributed by atoms with van der Waals surface area (Å²) in [5, 5.41) is 0. The molecule has 2 N–H and O–H groups in total. The molecule has 2 atom stereocenters. The molecule has 0 aromatic carbocycles. The third-order valence-electron chi connectivity index (χ3n) is 4.28. The molecule has 3 rings (SSSR count). The Bertz CT molecular complexity index is 469. The summed E-state index contributed by atoms with van der Waals surface area (Å²) in [6.45, 7) is 3.95. The molecule has 1 saturated heterocycles. The van der Waals surface area contributed by atoms with E-state index in [0.29, 0.717) is 5.92 Å². The van der Waals surface area contributed by atoms with Crippen LogP contribution in [-0.4, -0.2) is 43.2 Å². The summed E-state index contributed by atoms with van der Waals surface area (Å²) in [7, 11) is 4.03. The summed E-state index contributed by atoms with van der Waals surface area (Å²) in [6, 6.07) is 0.278. The molecular weight excluding hydrogens is 238 g/mol. The average molecular weight is 261 g/mol. The van der Waals surface area contributed by atoms with Gasteiger partial charge >= 0.3 is 0 Å². The molecule has 0 amide bonds. The molecule has 1 aliphatic carbocycles. The second kappa shape index (κ2) is 4.63. The molecule has 0 spiro atoms. The molecule has 1 aliphatic heterocycles. The fraction of sp³-hybridized carbons (Fsp3) is 0.714. The summed E-state index contributed by atoms with van der Waals surface area (Å²) >= 11 is 0. The number of hydrogen-bond acceptors (Lipinski definition) is 5. The fourth-order valence-electron chi connectivity index (χ4n) is 3.07. The Morgan fingerprint density at radius 2 is 2.05 bits per heavy atom. The van der Waals surface area contributed by atoms with E-state index in [9.17, 15) is 0 Å². The third-order valence-corrected chi connectivity index (χ3v) is 4.28. The second-order valence-electron chi connectivity index (χ2n) is 6.14. The first-order valence-corrected chi connectivity index (χ1v) is 7.07. The number of anilines is 2. The maximum absolute atomic E-state index is 6.27. The van der Waals surface area contributed by atoms with Crippen LogP contribution in [0.1, 0.15) is 18.4 Å². The average Bonchev–Trinajstić information content (AvgIpc) is 3.13. The molecule has 1 aromatic heterocycles. The quantitative estimate of drug-likeness (QED) is 0.880. The third kappa shape index (κ3) is 2.39. The van der Waals surface area contributed by atoms with Gasteiger partial charge in [0.25, 0.3) is 0 Å². The Kier molecular flexibility index (Phi) is 3.09. The van der Waals surface area contributed by atoms with Crippen molar-refractivity contribution in [3.8, 4) is 0 Å². The molecule has 0 unspecified atom stereocenters. The van der Waals surface area contributed by atoms with E-state index in [4.69, 9.17) is 5.73 Å². The van der Waals surface area contributed by atoms with Crippen molar-refractivity contribution in [2.45, 2.75) is 25.8 Å². The van der Waals surface area contributed by atoms with E-state index >= 15 is 0 Å². The number of hydrogen-bond donors (Lipinski definition) is 1. The Morgan fingerprint density at radius 1 is 1.32 bits per heavy atom. The van der Waals surface area contributed by atoms with E-state index in [1.165, 1.54) is 12.8 Å². The lowest BCUT2D eigenvalue weighted by Crippen LogP contribution is -2.30. The van der Waals surface area contributed by atoms with Gasteiger partial charge in [0.1, 0.15) is 5.82 Å². The maximum atomic E-state index is 6.27. The van der Waals surface area contributed by atoms with Crippen molar-refractivity contribution in [2.24, 2.45) is 17.6 Å². The summed E-state index contributed by atoms with van der Waals surface area (Å²) < 4.78 is 0. The first-order chi connectivity index (χ1) is 9.06. The topological polar surface area (TPSA) is 58.3 Å². The van der Waals surface area contributed by atoms with Crippen molar-refractivity contribution in [2.75, 3.05) is 37.0 Å². The zero-order chi connectivity index (χ0) is 13.6. The van der Waals surface area contributed by atoms with Crippen LogP contribution in [0.4, 0.5) is 11.8 Å². The minimum Gasteiger partial charge on any atom is -0.362 e. The minimum absolute atomic E-state index is 0.278. The van der Waals surface area contributed by atoms with Crippen LogP contribution in [0.3, 0.4) is 0 Å². The van der Waals surface area contributed by atoms with Crippen molar-refractivity contribution in [3.63, 3.8) is 0 Å². The van der Waals surface area contributed by atoms with Gasteiger partial charge in [-0.3, -0.25) is 0 Å². The van der Waals surface area contributed by atoms with Gasteiger partial charge in [-0.15, -0.1) is 0 Å². The zero-order valence-corrected chi connectivity index (χ0v) is 12.0. The van der Waals surface area contributed by atoms with Crippen LogP contribution in [0.5, 0.6) is 0 Å². The number of aryl methyl sites for hydroxylation is 1. The second-order valence-corrected chi connectivity index (χ2v) is 6.14. The molecule has 1 saturated carbocycles. The van der Waals surface area contributed by atoms with Crippen LogP contribution in [0.15, 0.2) is 6.20 Å². The predicted octanol–water partition coefficient (Wildman–Crippen LogP) is 1.02. The molecular formula is C14H23N5. The summed E-state index contributed by atoms with van der Waals surface area (Å²) in [5.41, 5.74) is 7.38. The molecule has 5 heteroatoms. The predicted molar refractivity (Wildman–Crippen MR) is 77.5 cm³/mol. The first-order valence-electron chi connectivity index (χ1n) is 7.07. The van der Waals surface area contributed by atoms with Crippen LogP contribution in [0.25, 0.3) is 0 Å². The van der Waals surface area contributed by atoms with Gasteiger partial charge in [0.2, 0.25) is 5.95 Å². The normalized spacial score (nSPS) is 26.8. The smallest absolute Gasteiger partial charge is 0.227 e. The Balaban J connectivity index is 1.81. The summed E-state index contributed by atoms with van der Waals surface area (Å²) in [5.74, 6) is 3.30. The number of rotatable bonds is 3. The molecule has 2 fully saturated rings. The van der Waals surface area contributed by atoms with Crippen LogP contribution < -0.4 is 15.5 Å². The summed E-state index contributed by atoms with van der Waals surface area (Å²) in [6.07, 6.45) is 4.61. The lowest BCUT2D eigenvalue weighted by Gasteiger charge is -2.20. The van der Waals surface area contributed by atoms with E-state index in [0.717, 1.165) is 36.3 Å². The van der Waals surface area contributed by atoms with Gasteiger partial charge in [0, 0.05) is 45.0 Å². The lowest BCUT2D eigenvalue weighted by atomic mass is 9.99. The van der Waals surface area contributed by atoms with Crippen molar-refractivity contribution in [1.82, 2.24) is 9.97 Å². The van der Waals surface area contributed by atoms with Gasteiger partial charge in [-0.25, -0.2) is 4.98 Å². The van der Waals surface area contributed by atoms with Crippen molar-refractivity contribution in [3.05, 3.63) is 11.8 Å². The van der Waals surface area contributed by atoms with Crippen LogP contribution in [0, 0.1) is 18.8 Å². The van der Waals surface area contributed by atoms with Gasteiger partial charge in [0.05, 0.1) is 0 Å². The molecule has 2 aliphatic rings. The zero-order valence-electron chi connectivity index (χ0n) is 12.0. The van der Waals surface area contributed by atoms with Crippen LogP contribution in [-0.2, 0) is 0 Å². The van der Waals surface area contributed by atoms with E-state index in [1.54, 1.807) is 0 Å². The van der Waals surface area contributed by atoms with Gasteiger partial charge in [-0.1, -0.05) is 0 Å². The van der Waals surface area contributed by atoms with Crippen molar-refractivity contribution < 1.29 is 0 Å². The number of nitrogens with two attached hydrogens (primary N) is 1. The minimum atomic E-state index is 0.278. The largest absolute Gasteiger partial charge is 0.362 e. The van der Waals surface area contributed by atoms with Crippen LogP contribution >= 0.6 is 0 Å². The molecule has 0 radical (unpaired) electrons. The van der Waals surface area contributed by atoms with E-state index in [2.05, 4.69) is 14.9 Å². The van der Waals surface area contributed by atoms with Crippen molar-refractivity contribution >= 4 is 11.8 Å². The molecule has 2 heterocycles. The van der Waals surface area contributed by atoms with Gasteiger partial charge < -0.3 is 15.5 Å². The Morgan fingerprint density at radius 3 is 2.68 bits per heavy atom. The first kappa shape index (κ1) is 12.7. The monoisotopic (exact) mass is 261 g/mol. The SMILES string of the molecule is Cc1cnc(N2C[C@H](C3CC3)[C@@H](N)C2)nc1N(C)C. The number of nitrogens with zero attached hydrogens (tertiary/aromatic N) is 4. The fourth-order valence-corrected chi connectivity index (χ4v) is 3.07. The van der Waals surface area contributed by atoms with E-state index < -0.39 is 0 Å². The van der Waals surface area contributed by atoms with E-state index in [1.807, 2.05) is 32.1 Å². The lowest BCUT2D eigenvalue weighted by molar-refractivity contribution is 0.456. The molecule has 0 bridgehead atoms. The highest BCUT2D eigenvalue weighted by atomic mass is 15.3. The highest BCUT2D eigenvalue weighted by molar-refractivity contribution is 5.49. The van der Waals surface area contributed by atoms with E-state index in [-0.39, 0.29) is 6.04 Å². The molecule has 5 nitrogen and oxygen atoms in total. The number of aromatic nitrogens is 2. The Labute approximate surface area is 114 Å². The molecule has 19 heavy (non-hydrogen) atoms. The van der Waals surface area contributed by atoms with Gasteiger partial charge in [-0.05, 0) is 31.6 Å². The van der Waals surface area contributed by atoms with Crippen molar-refractivity contribution in [1.29, 1.82) is 0 Å². The summed E-state index contributed by atoms with van der Waals surface area (Å²) in [4.78, 5) is 13.5. The maximum Gasteiger partial charge on any atom is 0.227 e. The molecule has 1 aromatic rings. The highest BCUT2D eigenvalue weighted by Gasteiger charge is 2.41. The highest BCUT2D eigenvalue weighted by Crippen LogP contribution is 2.41. The van der Waals surface area contributed by atoms with Gasteiger partial charge in [0.15, 0.2) is 0 Å².